The van der Waals surface area contributed by atoms with Crippen LogP contribution in [0.1, 0.15) is 18.2 Å². The fourth-order valence-corrected chi connectivity index (χ4v) is 2.85. The van der Waals surface area contributed by atoms with Crippen LogP contribution < -0.4 is 24.8 Å². The Morgan fingerprint density at radius 2 is 1.79 bits per heavy atom. The maximum absolute atomic E-state index is 5.54. The highest BCUT2D eigenvalue weighted by molar-refractivity contribution is 5.79. The van der Waals surface area contributed by atoms with Gasteiger partial charge in [0.1, 0.15) is 0 Å². The number of hydrogen-bond donors (Lipinski definition) is 2. The molecule has 152 valence electrons. The van der Waals surface area contributed by atoms with Crippen molar-refractivity contribution in [3.05, 3.63) is 47.8 Å². The zero-order chi connectivity index (χ0) is 20.2. The molecule has 2 aromatic rings. The number of benzene rings is 1. The molecular formula is C21H30N4O3. The summed E-state index contributed by atoms with van der Waals surface area (Å²) in [6.45, 7) is 4.23. The van der Waals surface area contributed by atoms with Crippen molar-refractivity contribution in [3.63, 3.8) is 0 Å². The number of methoxy groups -OCH3 is 3. The largest absolute Gasteiger partial charge is 0.493 e. The number of hydrogen-bond acceptors (Lipinski definition) is 5. The molecule has 0 aliphatic rings. The van der Waals surface area contributed by atoms with Gasteiger partial charge in [0.15, 0.2) is 17.5 Å². The molecule has 0 fully saturated rings. The quantitative estimate of drug-likeness (QED) is 0.482. The molecule has 1 aromatic carbocycles. The molecular weight excluding hydrogens is 356 g/mol. The third kappa shape index (κ3) is 6.04. The molecule has 1 aromatic heterocycles. The number of aromatic nitrogens is 1. The Labute approximate surface area is 167 Å². The number of aliphatic imine (C=N–C) groups is 1. The van der Waals surface area contributed by atoms with Crippen molar-refractivity contribution in [3.8, 4) is 17.2 Å². The van der Waals surface area contributed by atoms with E-state index in [4.69, 9.17) is 14.2 Å². The van der Waals surface area contributed by atoms with E-state index in [0.717, 1.165) is 36.6 Å². The molecule has 0 atom stereocenters. The number of ether oxygens (including phenoxy) is 3. The van der Waals surface area contributed by atoms with E-state index in [9.17, 15) is 0 Å². The van der Waals surface area contributed by atoms with Gasteiger partial charge in [-0.2, -0.15) is 0 Å². The number of guanidine groups is 1. The summed E-state index contributed by atoms with van der Waals surface area (Å²) >= 11 is 0. The zero-order valence-electron chi connectivity index (χ0n) is 17.1. The summed E-state index contributed by atoms with van der Waals surface area (Å²) in [5, 5.41) is 6.63. The fourth-order valence-electron chi connectivity index (χ4n) is 2.85. The lowest BCUT2D eigenvalue weighted by atomic mass is 10.1. The van der Waals surface area contributed by atoms with E-state index < -0.39 is 0 Å². The van der Waals surface area contributed by atoms with Gasteiger partial charge in [-0.15, -0.1) is 0 Å². The minimum atomic E-state index is 0.610. The lowest BCUT2D eigenvalue weighted by Gasteiger charge is -2.16. The lowest BCUT2D eigenvalue weighted by molar-refractivity contribution is 0.322. The molecule has 0 bridgehead atoms. The van der Waals surface area contributed by atoms with Crippen molar-refractivity contribution in [2.24, 2.45) is 4.99 Å². The predicted octanol–water partition coefficient (Wildman–Crippen LogP) is 2.45. The third-order valence-corrected chi connectivity index (χ3v) is 4.18. The van der Waals surface area contributed by atoms with Crippen LogP contribution in [0.5, 0.6) is 17.2 Å². The summed E-state index contributed by atoms with van der Waals surface area (Å²) in [5.74, 6) is 2.75. The van der Waals surface area contributed by atoms with E-state index >= 15 is 0 Å². The molecule has 0 radical (unpaired) electrons. The van der Waals surface area contributed by atoms with Crippen molar-refractivity contribution in [1.82, 2.24) is 15.6 Å². The first-order valence-corrected chi connectivity index (χ1v) is 9.43. The Morgan fingerprint density at radius 3 is 2.43 bits per heavy atom. The summed E-state index contributed by atoms with van der Waals surface area (Å²) < 4.78 is 16.3. The molecule has 7 nitrogen and oxygen atoms in total. The summed E-state index contributed by atoms with van der Waals surface area (Å²) in [5.41, 5.74) is 2.08. The molecule has 0 amide bonds. The molecule has 0 aliphatic carbocycles. The molecule has 2 N–H and O–H groups in total. The van der Waals surface area contributed by atoms with Gasteiger partial charge < -0.3 is 24.8 Å². The van der Waals surface area contributed by atoms with Crippen molar-refractivity contribution in [2.75, 3.05) is 41.0 Å². The second kappa shape index (κ2) is 11.7. The first kappa shape index (κ1) is 21.3. The Bertz CT molecular complexity index is 751. The molecule has 0 aliphatic heterocycles. The highest BCUT2D eigenvalue weighted by Crippen LogP contribution is 2.39. The van der Waals surface area contributed by atoms with Gasteiger partial charge in [0.25, 0.3) is 0 Å². The molecule has 2 rings (SSSR count). The Hall–Kier alpha value is -2.96. The fraction of sp³-hybridized carbons (Fsp3) is 0.429. The van der Waals surface area contributed by atoms with Crippen molar-refractivity contribution >= 4 is 5.96 Å². The van der Waals surface area contributed by atoms with E-state index in [0.29, 0.717) is 30.3 Å². The molecule has 0 saturated carbocycles. The van der Waals surface area contributed by atoms with Crippen molar-refractivity contribution in [2.45, 2.75) is 19.8 Å². The molecule has 0 unspecified atom stereocenters. The minimum absolute atomic E-state index is 0.610. The van der Waals surface area contributed by atoms with E-state index in [1.54, 1.807) is 27.5 Å². The highest BCUT2D eigenvalue weighted by atomic mass is 16.5. The van der Waals surface area contributed by atoms with Gasteiger partial charge in [-0.3, -0.25) is 9.98 Å². The molecule has 0 spiro atoms. The van der Waals surface area contributed by atoms with Crippen LogP contribution in [-0.2, 0) is 12.8 Å². The summed E-state index contributed by atoms with van der Waals surface area (Å²) in [6.07, 6.45) is 3.37. The van der Waals surface area contributed by atoms with Gasteiger partial charge >= 0.3 is 0 Å². The number of pyridine rings is 1. The monoisotopic (exact) mass is 386 g/mol. The van der Waals surface area contributed by atoms with E-state index in [1.165, 1.54) is 0 Å². The van der Waals surface area contributed by atoms with E-state index in [2.05, 4.69) is 20.6 Å². The van der Waals surface area contributed by atoms with Crippen LogP contribution >= 0.6 is 0 Å². The maximum Gasteiger partial charge on any atom is 0.203 e. The highest BCUT2D eigenvalue weighted by Gasteiger charge is 2.15. The van der Waals surface area contributed by atoms with Crippen LogP contribution in [-0.4, -0.2) is 51.9 Å². The number of nitrogens with one attached hydrogen (secondary N) is 2. The van der Waals surface area contributed by atoms with Crippen LogP contribution in [0.3, 0.4) is 0 Å². The third-order valence-electron chi connectivity index (χ3n) is 4.18. The zero-order valence-corrected chi connectivity index (χ0v) is 17.1. The molecule has 28 heavy (non-hydrogen) atoms. The maximum atomic E-state index is 5.54. The SMILES string of the molecule is CCNC(=NCCc1ccccn1)NCCc1ccc(OC)c(OC)c1OC. The Kier molecular flexibility index (Phi) is 8.91. The topological polar surface area (TPSA) is 77.0 Å². The van der Waals surface area contributed by atoms with Gasteiger partial charge in [0.05, 0.1) is 21.3 Å². The first-order valence-electron chi connectivity index (χ1n) is 9.43. The number of rotatable bonds is 10. The summed E-state index contributed by atoms with van der Waals surface area (Å²) in [6, 6.07) is 9.81. The second-order valence-corrected chi connectivity index (χ2v) is 6.00. The predicted molar refractivity (Wildman–Crippen MR) is 112 cm³/mol. The average Bonchev–Trinajstić information content (AvgIpc) is 2.73. The van der Waals surface area contributed by atoms with Gasteiger partial charge in [0.2, 0.25) is 5.75 Å². The van der Waals surface area contributed by atoms with Crippen LogP contribution in [0.4, 0.5) is 0 Å². The minimum Gasteiger partial charge on any atom is -0.493 e. The Morgan fingerprint density at radius 1 is 0.964 bits per heavy atom. The van der Waals surface area contributed by atoms with Gasteiger partial charge in [-0.25, -0.2) is 0 Å². The van der Waals surface area contributed by atoms with Crippen LogP contribution in [0, 0.1) is 0 Å². The van der Waals surface area contributed by atoms with Crippen LogP contribution in [0.15, 0.2) is 41.5 Å². The van der Waals surface area contributed by atoms with Gasteiger partial charge in [-0.1, -0.05) is 12.1 Å². The van der Waals surface area contributed by atoms with Gasteiger partial charge in [0, 0.05) is 43.5 Å². The number of nitrogens with zero attached hydrogens (tertiary/aromatic N) is 2. The lowest BCUT2D eigenvalue weighted by Crippen LogP contribution is -2.38. The van der Waals surface area contributed by atoms with Crippen molar-refractivity contribution in [1.29, 1.82) is 0 Å². The van der Waals surface area contributed by atoms with E-state index in [1.807, 2.05) is 37.3 Å². The average molecular weight is 386 g/mol. The first-order chi connectivity index (χ1) is 13.7. The molecule has 1 heterocycles. The Balaban J connectivity index is 1.95. The van der Waals surface area contributed by atoms with Crippen molar-refractivity contribution < 1.29 is 14.2 Å². The normalized spacial score (nSPS) is 11.1. The summed E-state index contributed by atoms with van der Waals surface area (Å²) in [4.78, 5) is 8.95. The molecule has 0 saturated heterocycles. The smallest absolute Gasteiger partial charge is 0.203 e. The molecule has 7 heteroatoms. The van der Waals surface area contributed by atoms with Gasteiger partial charge in [-0.05, 0) is 31.5 Å². The summed E-state index contributed by atoms with van der Waals surface area (Å²) in [7, 11) is 4.86. The standard InChI is InChI=1S/C21H30N4O3/c1-5-22-21(25-15-12-17-8-6-7-13-23-17)24-14-11-16-9-10-18(26-2)20(28-4)19(16)27-3/h6-10,13H,5,11-12,14-15H2,1-4H3,(H2,22,24,25). The second-order valence-electron chi connectivity index (χ2n) is 6.00. The van der Waals surface area contributed by atoms with Crippen LogP contribution in [0.2, 0.25) is 0 Å². The van der Waals surface area contributed by atoms with Crippen LogP contribution in [0.25, 0.3) is 0 Å². The van der Waals surface area contributed by atoms with E-state index in [-0.39, 0.29) is 0 Å².